The molecule has 3 rings (SSSR count). The number of nitrogens with one attached hydrogen (secondary N) is 1. The molecule has 2 amide bonds. The molecular weight excluding hydrogens is 254 g/mol. The summed E-state index contributed by atoms with van der Waals surface area (Å²) in [7, 11) is 1.66. The smallest absolute Gasteiger partial charge is 0.247 e. The number of carbonyl (C=O) groups excluding carboxylic acids is 2. The lowest BCUT2D eigenvalue weighted by molar-refractivity contribution is -0.136. The van der Waals surface area contributed by atoms with E-state index in [0.717, 1.165) is 25.2 Å². The van der Waals surface area contributed by atoms with E-state index in [9.17, 15) is 9.59 Å². The van der Waals surface area contributed by atoms with E-state index in [4.69, 9.17) is 0 Å². The van der Waals surface area contributed by atoms with Crippen molar-refractivity contribution < 1.29 is 9.59 Å². The summed E-state index contributed by atoms with van der Waals surface area (Å²) >= 11 is 0. The van der Waals surface area contributed by atoms with Crippen LogP contribution in [0.3, 0.4) is 0 Å². The number of hydrogen-bond donors (Lipinski definition) is 1. The van der Waals surface area contributed by atoms with Crippen molar-refractivity contribution in [1.82, 2.24) is 10.2 Å². The molecule has 1 aromatic rings. The lowest BCUT2D eigenvalue weighted by Crippen LogP contribution is -2.52. The summed E-state index contributed by atoms with van der Waals surface area (Å²) < 4.78 is 0. The van der Waals surface area contributed by atoms with Gasteiger partial charge in [-0.1, -0.05) is 12.1 Å². The Morgan fingerprint density at radius 1 is 1.10 bits per heavy atom. The fraction of sp³-hybridized carbons (Fsp3) is 0.467. The predicted molar refractivity (Wildman–Crippen MR) is 76.7 cm³/mol. The van der Waals surface area contributed by atoms with Gasteiger partial charge >= 0.3 is 0 Å². The Kier molecular flexibility index (Phi) is 3.44. The van der Waals surface area contributed by atoms with Crippen molar-refractivity contribution in [2.45, 2.75) is 12.3 Å². The van der Waals surface area contributed by atoms with Gasteiger partial charge < -0.3 is 15.1 Å². The molecule has 0 aliphatic carbocycles. The molecule has 2 heterocycles. The number of benzene rings is 1. The van der Waals surface area contributed by atoms with Gasteiger partial charge in [-0.25, -0.2) is 0 Å². The normalized spacial score (nSPS) is 23.6. The molecule has 2 aliphatic heterocycles. The minimum atomic E-state index is -0.0256. The van der Waals surface area contributed by atoms with Crippen LogP contribution in [0.4, 0.5) is 5.69 Å². The molecule has 2 aliphatic rings. The van der Waals surface area contributed by atoms with Gasteiger partial charge in [0.15, 0.2) is 0 Å². The monoisotopic (exact) mass is 273 g/mol. The van der Waals surface area contributed by atoms with E-state index in [1.807, 2.05) is 12.1 Å². The fourth-order valence-corrected chi connectivity index (χ4v) is 2.82. The maximum Gasteiger partial charge on any atom is 0.247 e. The van der Waals surface area contributed by atoms with E-state index >= 15 is 0 Å². The van der Waals surface area contributed by atoms with Crippen molar-refractivity contribution in [2.75, 3.05) is 38.1 Å². The van der Waals surface area contributed by atoms with Crippen LogP contribution in [-0.4, -0.2) is 49.9 Å². The molecule has 1 unspecified atom stereocenters. The van der Waals surface area contributed by atoms with Crippen molar-refractivity contribution in [3.05, 3.63) is 29.8 Å². The van der Waals surface area contributed by atoms with Crippen molar-refractivity contribution in [3.8, 4) is 0 Å². The average Bonchev–Trinajstić information content (AvgIpc) is 2.97. The Morgan fingerprint density at radius 3 is 2.50 bits per heavy atom. The Morgan fingerprint density at radius 2 is 1.85 bits per heavy atom. The number of nitrogens with zero attached hydrogens (tertiary/aromatic N) is 2. The number of anilines is 1. The predicted octanol–water partition coefficient (Wildman–Crippen LogP) is 0.568. The second kappa shape index (κ2) is 5.25. The molecule has 106 valence electrons. The Balaban J connectivity index is 1.77. The second-order valence-corrected chi connectivity index (χ2v) is 5.51. The van der Waals surface area contributed by atoms with Gasteiger partial charge in [0, 0.05) is 19.3 Å². The quantitative estimate of drug-likeness (QED) is 0.857. The van der Waals surface area contributed by atoms with Crippen LogP contribution < -0.4 is 10.2 Å². The highest BCUT2D eigenvalue weighted by molar-refractivity contribution is 6.04. The van der Waals surface area contributed by atoms with E-state index in [2.05, 4.69) is 17.4 Å². The summed E-state index contributed by atoms with van der Waals surface area (Å²) in [6.45, 7) is 2.38. The van der Waals surface area contributed by atoms with Gasteiger partial charge in [0.25, 0.3) is 0 Å². The van der Waals surface area contributed by atoms with Crippen molar-refractivity contribution in [1.29, 1.82) is 0 Å². The largest absolute Gasteiger partial charge is 0.335 e. The van der Waals surface area contributed by atoms with Gasteiger partial charge in [0.05, 0.1) is 6.54 Å². The van der Waals surface area contributed by atoms with Crippen molar-refractivity contribution in [2.24, 2.45) is 0 Å². The summed E-state index contributed by atoms with van der Waals surface area (Å²) in [5, 5.41) is 3.35. The maximum atomic E-state index is 12.0. The van der Waals surface area contributed by atoms with Crippen LogP contribution in [0.25, 0.3) is 0 Å². The van der Waals surface area contributed by atoms with Crippen LogP contribution in [0.15, 0.2) is 24.3 Å². The van der Waals surface area contributed by atoms with Crippen molar-refractivity contribution >= 4 is 17.5 Å². The topological polar surface area (TPSA) is 52.7 Å². The molecule has 0 radical (unpaired) electrons. The molecule has 0 saturated carbocycles. The Hall–Kier alpha value is -1.88. The van der Waals surface area contributed by atoms with Gasteiger partial charge in [-0.3, -0.25) is 9.59 Å². The average molecular weight is 273 g/mol. The summed E-state index contributed by atoms with van der Waals surface area (Å²) in [6.07, 6.45) is 1.16. The van der Waals surface area contributed by atoms with Crippen LogP contribution in [0.2, 0.25) is 0 Å². The van der Waals surface area contributed by atoms with E-state index < -0.39 is 0 Å². The van der Waals surface area contributed by atoms with Crippen LogP contribution in [0, 0.1) is 0 Å². The number of rotatable bonds is 2. The lowest BCUT2D eigenvalue weighted by atomic mass is 9.98. The van der Waals surface area contributed by atoms with Crippen LogP contribution in [0.5, 0.6) is 0 Å². The van der Waals surface area contributed by atoms with E-state index in [1.54, 1.807) is 11.9 Å². The minimum Gasteiger partial charge on any atom is -0.335 e. The highest BCUT2D eigenvalue weighted by Crippen LogP contribution is 2.25. The molecule has 1 atom stereocenters. The molecule has 0 bridgehead atoms. The Labute approximate surface area is 118 Å². The SMILES string of the molecule is CN1CC(=O)N(c2ccc(C3CCNC3)cc2)CC1=O. The van der Waals surface area contributed by atoms with Gasteiger partial charge in [-0.15, -0.1) is 0 Å². The molecule has 0 spiro atoms. The first-order chi connectivity index (χ1) is 9.65. The van der Waals surface area contributed by atoms with Gasteiger partial charge in [-0.2, -0.15) is 0 Å². The molecular formula is C15H19N3O2. The molecule has 1 N–H and O–H groups in total. The molecule has 5 nitrogen and oxygen atoms in total. The fourth-order valence-electron chi connectivity index (χ4n) is 2.82. The van der Waals surface area contributed by atoms with E-state index in [1.165, 1.54) is 10.5 Å². The second-order valence-electron chi connectivity index (χ2n) is 5.51. The summed E-state index contributed by atoms with van der Waals surface area (Å²) in [5.41, 5.74) is 2.11. The maximum absolute atomic E-state index is 12.0. The van der Waals surface area contributed by atoms with Crippen LogP contribution >= 0.6 is 0 Å². The summed E-state index contributed by atoms with van der Waals surface area (Å²) in [6, 6.07) is 8.04. The Bertz CT molecular complexity index is 520. The van der Waals surface area contributed by atoms with Gasteiger partial charge in [0.1, 0.15) is 6.54 Å². The third kappa shape index (κ3) is 2.41. The molecule has 1 aromatic carbocycles. The van der Waals surface area contributed by atoms with Gasteiger partial charge in [-0.05, 0) is 36.6 Å². The lowest BCUT2D eigenvalue weighted by Gasteiger charge is -2.31. The first kappa shape index (κ1) is 13.1. The zero-order valence-corrected chi connectivity index (χ0v) is 11.6. The molecule has 5 heteroatoms. The standard InChI is InChI=1S/C15H19N3O2/c1-17-9-15(20)18(10-14(17)19)13-4-2-11(3-5-13)12-6-7-16-8-12/h2-5,12,16H,6-10H2,1H3. The molecule has 20 heavy (non-hydrogen) atoms. The number of carbonyl (C=O) groups is 2. The zero-order chi connectivity index (χ0) is 14.1. The number of likely N-dealkylation sites (N-methyl/N-ethyl adjacent to an activating group) is 1. The van der Waals surface area contributed by atoms with E-state index in [0.29, 0.717) is 5.92 Å². The summed E-state index contributed by atoms with van der Waals surface area (Å²) in [5.74, 6) is 0.518. The van der Waals surface area contributed by atoms with Crippen molar-refractivity contribution in [3.63, 3.8) is 0 Å². The highest BCUT2D eigenvalue weighted by atomic mass is 16.2. The molecule has 2 fully saturated rings. The molecule has 0 aromatic heterocycles. The zero-order valence-electron chi connectivity index (χ0n) is 11.6. The van der Waals surface area contributed by atoms with Gasteiger partial charge in [0.2, 0.25) is 11.8 Å². The van der Waals surface area contributed by atoms with Crippen LogP contribution in [0.1, 0.15) is 17.9 Å². The third-order valence-corrected chi connectivity index (χ3v) is 4.13. The third-order valence-electron chi connectivity index (χ3n) is 4.13. The number of hydrogen-bond acceptors (Lipinski definition) is 3. The minimum absolute atomic E-state index is 0.0198. The number of amides is 2. The van der Waals surface area contributed by atoms with Crippen LogP contribution in [-0.2, 0) is 9.59 Å². The first-order valence-electron chi connectivity index (χ1n) is 7.00. The highest BCUT2D eigenvalue weighted by Gasteiger charge is 2.28. The van der Waals surface area contributed by atoms with E-state index in [-0.39, 0.29) is 24.9 Å². The number of piperazine rings is 1. The molecule has 2 saturated heterocycles. The summed E-state index contributed by atoms with van der Waals surface area (Å²) in [4.78, 5) is 26.8. The first-order valence-corrected chi connectivity index (χ1v) is 7.00.